The molecule has 0 fully saturated rings. The van der Waals surface area contributed by atoms with Crippen molar-refractivity contribution in [1.82, 2.24) is 10.6 Å². The van der Waals surface area contributed by atoms with Crippen molar-refractivity contribution in [1.29, 1.82) is 0 Å². The number of methoxy groups -OCH3 is 1. The van der Waals surface area contributed by atoms with E-state index in [1.807, 2.05) is 0 Å². The third kappa shape index (κ3) is 5.10. The first kappa shape index (κ1) is 20.0. The molecule has 0 radical (unpaired) electrons. The lowest BCUT2D eigenvalue weighted by Crippen LogP contribution is -2.47. The third-order valence-corrected chi connectivity index (χ3v) is 3.76. The minimum absolute atomic E-state index is 0.164. The smallest absolute Gasteiger partial charge is 0.338 e. The Morgan fingerprint density at radius 3 is 2.48 bits per heavy atom. The van der Waals surface area contributed by atoms with Gasteiger partial charge < -0.3 is 24.8 Å². The van der Waals surface area contributed by atoms with E-state index < -0.39 is 24.0 Å². The molecule has 1 heterocycles. The van der Waals surface area contributed by atoms with Crippen LogP contribution in [0.25, 0.3) is 0 Å². The van der Waals surface area contributed by atoms with Crippen LogP contribution in [0.2, 0.25) is 0 Å². The highest BCUT2D eigenvalue weighted by molar-refractivity contribution is 5.95. The number of rotatable bonds is 7. The maximum atomic E-state index is 12.5. The largest absolute Gasteiger partial charge is 0.497 e. The van der Waals surface area contributed by atoms with Crippen LogP contribution in [0.4, 0.5) is 4.79 Å². The first-order chi connectivity index (χ1) is 13.0. The normalized spacial score (nSPS) is 16.6. The Bertz CT molecular complexity index is 767. The molecule has 1 atom stereocenters. The molecule has 2 N–H and O–H groups in total. The van der Waals surface area contributed by atoms with E-state index in [1.165, 1.54) is 12.2 Å². The molecular weight excluding hydrogens is 352 g/mol. The average molecular weight is 374 g/mol. The van der Waals surface area contributed by atoms with Gasteiger partial charge in [-0.05, 0) is 31.5 Å². The lowest BCUT2D eigenvalue weighted by atomic mass is 9.95. The highest BCUT2D eigenvalue weighted by Gasteiger charge is 2.34. The minimum atomic E-state index is -0.751. The lowest BCUT2D eigenvalue weighted by Gasteiger charge is -2.29. The van der Waals surface area contributed by atoms with Crippen molar-refractivity contribution in [3.63, 3.8) is 0 Å². The highest BCUT2D eigenvalue weighted by atomic mass is 16.5. The second-order valence-electron chi connectivity index (χ2n) is 5.53. The molecule has 0 bridgehead atoms. The maximum absolute atomic E-state index is 12.5. The van der Waals surface area contributed by atoms with Crippen molar-refractivity contribution in [2.24, 2.45) is 0 Å². The van der Waals surface area contributed by atoms with Crippen molar-refractivity contribution in [2.45, 2.75) is 19.9 Å². The van der Waals surface area contributed by atoms with Crippen LogP contribution in [0.15, 0.2) is 47.7 Å². The number of hydrogen-bond donors (Lipinski definition) is 2. The van der Waals surface area contributed by atoms with Gasteiger partial charge in [-0.1, -0.05) is 18.2 Å². The number of carbonyl (C=O) groups excluding carboxylic acids is 3. The minimum Gasteiger partial charge on any atom is -0.497 e. The van der Waals surface area contributed by atoms with Gasteiger partial charge in [0.15, 0.2) is 0 Å². The van der Waals surface area contributed by atoms with E-state index in [0.717, 1.165) is 0 Å². The average Bonchev–Trinajstić information content (AvgIpc) is 2.66. The van der Waals surface area contributed by atoms with Crippen molar-refractivity contribution in [3.8, 4) is 5.75 Å². The molecule has 0 unspecified atom stereocenters. The Balaban J connectivity index is 2.41. The molecule has 0 spiro atoms. The van der Waals surface area contributed by atoms with Crippen molar-refractivity contribution in [3.05, 3.63) is 53.3 Å². The van der Waals surface area contributed by atoms with Gasteiger partial charge in [0.2, 0.25) is 0 Å². The van der Waals surface area contributed by atoms with Crippen LogP contribution in [0, 0.1) is 0 Å². The molecule has 0 aromatic heterocycles. The van der Waals surface area contributed by atoms with Gasteiger partial charge in [0.1, 0.15) is 12.4 Å². The summed E-state index contributed by atoms with van der Waals surface area (Å²) >= 11 is 0. The van der Waals surface area contributed by atoms with E-state index in [2.05, 4.69) is 10.6 Å². The Labute approximate surface area is 157 Å². The summed E-state index contributed by atoms with van der Waals surface area (Å²) in [7, 11) is 1.54. The molecule has 8 heteroatoms. The molecule has 8 nitrogen and oxygen atoms in total. The van der Waals surface area contributed by atoms with Gasteiger partial charge in [0.05, 0.1) is 31.0 Å². The third-order valence-electron chi connectivity index (χ3n) is 3.76. The first-order valence-electron chi connectivity index (χ1n) is 8.41. The van der Waals surface area contributed by atoms with Crippen LogP contribution in [0.1, 0.15) is 25.5 Å². The summed E-state index contributed by atoms with van der Waals surface area (Å²) in [6.07, 6.45) is 2.78. The predicted octanol–water partition coefficient (Wildman–Crippen LogP) is 1.99. The number of hydrogen-bond acceptors (Lipinski definition) is 6. The van der Waals surface area contributed by atoms with Crippen LogP contribution in [0.5, 0.6) is 5.75 Å². The van der Waals surface area contributed by atoms with Gasteiger partial charge in [0.25, 0.3) is 0 Å². The molecule has 144 valence electrons. The second-order valence-corrected chi connectivity index (χ2v) is 5.53. The molecule has 0 aliphatic carbocycles. The summed E-state index contributed by atoms with van der Waals surface area (Å²) in [6, 6.07) is 5.64. The van der Waals surface area contributed by atoms with Gasteiger partial charge in [-0.3, -0.25) is 0 Å². The zero-order valence-corrected chi connectivity index (χ0v) is 15.4. The summed E-state index contributed by atoms with van der Waals surface area (Å²) in [5, 5.41) is 5.23. The molecule has 1 aliphatic rings. The van der Waals surface area contributed by atoms with E-state index in [9.17, 15) is 14.4 Å². The summed E-state index contributed by atoms with van der Waals surface area (Å²) in [6.45, 7) is 3.26. The standard InChI is InChI=1S/C19H22N2O6/c1-4-6-15(22)27-11-14-16(18(23)26-5-2)17(21-19(24)20-14)12-7-9-13(25-3)10-8-12/h4,6-10,17H,5,11H2,1-3H3,(H2,20,21,24)/b6-4+/t17-/m0/s1. The van der Waals surface area contributed by atoms with Gasteiger partial charge in [-0.25, -0.2) is 14.4 Å². The fourth-order valence-corrected chi connectivity index (χ4v) is 2.56. The van der Waals surface area contributed by atoms with Gasteiger partial charge in [-0.2, -0.15) is 0 Å². The molecule has 1 aliphatic heterocycles. The quantitative estimate of drug-likeness (QED) is 0.559. The topological polar surface area (TPSA) is 103 Å². The Morgan fingerprint density at radius 2 is 1.89 bits per heavy atom. The Kier molecular flexibility index (Phi) is 6.99. The zero-order chi connectivity index (χ0) is 19.8. The fourth-order valence-electron chi connectivity index (χ4n) is 2.56. The molecule has 27 heavy (non-hydrogen) atoms. The van der Waals surface area contributed by atoms with Crippen molar-refractivity contribution >= 4 is 18.0 Å². The summed E-state index contributed by atoms with van der Waals surface area (Å²) < 4.78 is 15.4. The van der Waals surface area contributed by atoms with E-state index in [4.69, 9.17) is 14.2 Å². The second kappa shape index (κ2) is 9.42. The van der Waals surface area contributed by atoms with Gasteiger partial charge in [0, 0.05) is 6.08 Å². The predicted molar refractivity (Wildman–Crippen MR) is 96.8 cm³/mol. The summed E-state index contributed by atoms with van der Waals surface area (Å²) in [5.74, 6) is -0.550. The van der Waals surface area contributed by atoms with E-state index in [1.54, 1.807) is 45.2 Å². The van der Waals surface area contributed by atoms with Crippen molar-refractivity contribution < 1.29 is 28.6 Å². The SMILES string of the molecule is C/C=C/C(=O)OCC1=C(C(=O)OCC)[C@H](c2ccc(OC)cc2)NC(=O)N1. The van der Waals surface area contributed by atoms with E-state index >= 15 is 0 Å². The number of benzene rings is 1. The van der Waals surface area contributed by atoms with Crippen molar-refractivity contribution in [2.75, 3.05) is 20.3 Å². The fraction of sp³-hybridized carbons (Fsp3) is 0.316. The zero-order valence-electron chi connectivity index (χ0n) is 15.4. The lowest BCUT2D eigenvalue weighted by molar-refractivity contribution is -0.140. The van der Waals surface area contributed by atoms with Crippen LogP contribution >= 0.6 is 0 Å². The number of urea groups is 1. The Hall–Kier alpha value is -3.29. The van der Waals surface area contributed by atoms with Crippen LogP contribution < -0.4 is 15.4 Å². The molecule has 2 rings (SSSR count). The number of ether oxygens (including phenoxy) is 3. The molecule has 0 saturated heterocycles. The van der Waals surface area contributed by atoms with Gasteiger partial charge >= 0.3 is 18.0 Å². The number of esters is 2. The maximum Gasteiger partial charge on any atom is 0.338 e. The molecule has 1 aromatic carbocycles. The van der Waals surface area contributed by atoms with Crippen LogP contribution in [-0.2, 0) is 19.1 Å². The molecule has 0 saturated carbocycles. The highest BCUT2D eigenvalue weighted by Crippen LogP contribution is 2.29. The van der Waals surface area contributed by atoms with Crippen LogP contribution in [0.3, 0.4) is 0 Å². The van der Waals surface area contributed by atoms with Crippen LogP contribution in [-0.4, -0.2) is 38.3 Å². The molecule has 1 aromatic rings. The van der Waals surface area contributed by atoms with E-state index in [0.29, 0.717) is 11.3 Å². The molecular formula is C19H22N2O6. The number of allylic oxidation sites excluding steroid dienone is 1. The van der Waals surface area contributed by atoms with E-state index in [-0.39, 0.29) is 24.5 Å². The Morgan fingerprint density at radius 1 is 1.19 bits per heavy atom. The number of amides is 2. The molecule has 2 amide bonds. The first-order valence-corrected chi connectivity index (χ1v) is 8.41. The summed E-state index contributed by atoms with van der Waals surface area (Å²) in [5.41, 5.74) is 1.01. The monoisotopic (exact) mass is 374 g/mol. The van der Waals surface area contributed by atoms with Gasteiger partial charge in [-0.15, -0.1) is 0 Å². The number of nitrogens with one attached hydrogen (secondary N) is 2. The number of carbonyl (C=O) groups is 3. The summed E-state index contributed by atoms with van der Waals surface area (Å²) in [4.78, 5) is 36.2.